The van der Waals surface area contributed by atoms with Gasteiger partial charge in [-0.1, -0.05) is 18.2 Å². The fraction of sp³-hybridized carbons (Fsp3) is 0.261. The van der Waals surface area contributed by atoms with Crippen molar-refractivity contribution in [3.05, 3.63) is 54.2 Å². The fourth-order valence-electron chi connectivity index (χ4n) is 3.05. The molecule has 0 unspecified atom stereocenters. The number of ether oxygens (including phenoxy) is 3. The number of nitrogens with one attached hydrogen (secondary N) is 2. The number of carbonyl (C=O) groups is 1. The largest absolute Gasteiger partial charge is 0.490 e. The summed E-state index contributed by atoms with van der Waals surface area (Å²) in [4.78, 5) is 17.3. The minimum absolute atomic E-state index is 0.160. The molecule has 8 heteroatoms. The van der Waals surface area contributed by atoms with Gasteiger partial charge in [-0.15, -0.1) is 0 Å². The van der Waals surface area contributed by atoms with Gasteiger partial charge in [0.1, 0.15) is 0 Å². The lowest BCUT2D eigenvalue weighted by atomic mass is 10.1. The molecule has 0 spiro atoms. The second-order valence-electron chi connectivity index (χ2n) is 6.39. The highest BCUT2D eigenvalue weighted by molar-refractivity contribution is 7.80. The monoisotopic (exact) mass is 439 g/mol. The number of hydrogen-bond donors (Lipinski definition) is 2. The van der Waals surface area contributed by atoms with Crippen LogP contribution in [0, 0.1) is 0 Å². The number of benzene rings is 2. The second-order valence-corrected chi connectivity index (χ2v) is 6.80. The molecule has 3 rings (SSSR count). The smallest absolute Gasteiger partial charge is 0.257 e. The van der Waals surface area contributed by atoms with Crippen molar-refractivity contribution < 1.29 is 19.0 Å². The highest BCUT2D eigenvalue weighted by atomic mass is 32.1. The van der Waals surface area contributed by atoms with Crippen LogP contribution in [0.4, 0.5) is 5.69 Å². The Morgan fingerprint density at radius 1 is 0.968 bits per heavy atom. The molecular weight excluding hydrogens is 414 g/mol. The van der Waals surface area contributed by atoms with Crippen LogP contribution in [0.15, 0.2) is 48.7 Å². The van der Waals surface area contributed by atoms with E-state index in [1.54, 1.807) is 18.3 Å². The molecule has 0 bridgehead atoms. The molecule has 0 saturated carbocycles. The molecule has 1 aromatic heterocycles. The predicted octanol–water partition coefficient (Wildman–Crippen LogP) is 4.56. The van der Waals surface area contributed by atoms with Crippen LogP contribution in [-0.2, 0) is 0 Å². The minimum atomic E-state index is -0.393. The van der Waals surface area contributed by atoms with E-state index in [0.29, 0.717) is 48.3 Å². The zero-order valence-electron chi connectivity index (χ0n) is 17.7. The molecule has 2 N–H and O–H groups in total. The van der Waals surface area contributed by atoms with Crippen LogP contribution in [0.25, 0.3) is 10.9 Å². The molecule has 7 nitrogen and oxygen atoms in total. The van der Waals surface area contributed by atoms with Gasteiger partial charge in [-0.3, -0.25) is 15.1 Å². The molecule has 0 aliphatic rings. The van der Waals surface area contributed by atoms with Gasteiger partial charge >= 0.3 is 0 Å². The van der Waals surface area contributed by atoms with E-state index >= 15 is 0 Å². The summed E-state index contributed by atoms with van der Waals surface area (Å²) in [5, 5.41) is 6.88. The van der Waals surface area contributed by atoms with Crippen molar-refractivity contribution in [1.29, 1.82) is 0 Å². The second kappa shape index (κ2) is 10.6. The Hall–Kier alpha value is -3.39. The van der Waals surface area contributed by atoms with Gasteiger partial charge in [0.05, 0.1) is 31.0 Å². The third-order valence-electron chi connectivity index (χ3n) is 4.28. The first-order chi connectivity index (χ1) is 15.1. The van der Waals surface area contributed by atoms with Crippen molar-refractivity contribution in [2.24, 2.45) is 0 Å². The van der Waals surface area contributed by atoms with E-state index in [1.165, 1.54) is 0 Å². The normalized spacial score (nSPS) is 10.4. The van der Waals surface area contributed by atoms with Crippen molar-refractivity contribution in [3.63, 3.8) is 0 Å². The number of anilines is 1. The summed E-state index contributed by atoms with van der Waals surface area (Å²) in [7, 11) is 0. The zero-order valence-corrected chi connectivity index (χ0v) is 18.5. The van der Waals surface area contributed by atoms with Crippen molar-refractivity contribution in [3.8, 4) is 17.2 Å². The summed E-state index contributed by atoms with van der Waals surface area (Å²) in [6.45, 7) is 6.88. The van der Waals surface area contributed by atoms with Gasteiger partial charge in [-0.2, -0.15) is 0 Å². The summed E-state index contributed by atoms with van der Waals surface area (Å²) in [5.74, 6) is 0.969. The average Bonchev–Trinajstić information content (AvgIpc) is 2.76. The maximum Gasteiger partial charge on any atom is 0.257 e. The molecule has 0 aliphatic heterocycles. The van der Waals surface area contributed by atoms with E-state index in [4.69, 9.17) is 26.4 Å². The number of fused-ring (bicyclic) bond motifs is 1. The number of para-hydroxylation sites is 1. The topological polar surface area (TPSA) is 81.7 Å². The van der Waals surface area contributed by atoms with Crippen LogP contribution in [0.5, 0.6) is 17.2 Å². The molecule has 3 aromatic rings. The highest BCUT2D eigenvalue weighted by Crippen LogP contribution is 2.39. The van der Waals surface area contributed by atoms with Crippen LogP contribution in [0.3, 0.4) is 0 Å². The van der Waals surface area contributed by atoms with Crippen LogP contribution >= 0.6 is 12.2 Å². The Kier molecular flexibility index (Phi) is 7.61. The Bertz CT molecular complexity index is 1060. The molecule has 162 valence electrons. The van der Waals surface area contributed by atoms with Crippen LogP contribution in [0.1, 0.15) is 31.1 Å². The van der Waals surface area contributed by atoms with Crippen LogP contribution in [0.2, 0.25) is 0 Å². The van der Waals surface area contributed by atoms with E-state index in [-0.39, 0.29) is 5.11 Å². The maximum atomic E-state index is 12.9. The zero-order chi connectivity index (χ0) is 22.2. The first-order valence-electron chi connectivity index (χ1n) is 10.1. The summed E-state index contributed by atoms with van der Waals surface area (Å²) in [6.07, 6.45) is 1.71. The minimum Gasteiger partial charge on any atom is -0.490 e. The number of thiocarbonyl (C=S) groups is 1. The third-order valence-corrected chi connectivity index (χ3v) is 4.48. The fourth-order valence-corrected chi connectivity index (χ4v) is 3.26. The van der Waals surface area contributed by atoms with Crippen molar-refractivity contribution in [2.75, 3.05) is 25.1 Å². The molecule has 1 amide bonds. The van der Waals surface area contributed by atoms with Crippen LogP contribution < -0.4 is 24.8 Å². The molecule has 31 heavy (non-hydrogen) atoms. The Labute approximate surface area is 186 Å². The van der Waals surface area contributed by atoms with Gasteiger partial charge in [0.2, 0.25) is 5.75 Å². The van der Waals surface area contributed by atoms with Gasteiger partial charge in [-0.25, -0.2) is 0 Å². The number of aromatic nitrogens is 1. The van der Waals surface area contributed by atoms with Gasteiger partial charge in [0, 0.05) is 17.1 Å². The lowest BCUT2D eigenvalue weighted by Crippen LogP contribution is -2.34. The van der Waals surface area contributed by atoms with Crippen LogP contribution in [-0.4, -0.2) is 35.8 Å². The molecule has 0 fully saturated rings. The molecule has 2 aromatic carbocycles. The van der Waals surface area contributed by atoms with Crippen molar-refractivity contribution in [1.82, 2.24) is 10.3 Å². The van der Waals surface area contributed by atoms with Gasteiger partial charge < -0.3 is 19.5 Å². The van der Waals surface area contributed by atoms with Gasteiger partial charge in [0.25, 0.3) is 5.91 Å². The molecule has 0 atom stereocenters. The average molecular weight is 440 g/mol. The standard InChI is InChI=1S/C23H25N3O4S/c1-4-28-18-13-16(14-19(29-5-2)21(18)30-6-3)22(27)26-23(31)25-17-11-7-9-15-10-8-12-24-20(15)17/h7-14H,4-6H2,1-3H3,(H2,25,26,27,31). The number of rotatable bonds is 8. The number of pyridine rings is 1. The van der Waals surface area contributed by atoms with Gasteiger partial charge in [0.15, 0.2) is 16.6 Å². The maximum absolute atomic E-state index is 12.9. The van der Waals surface area contributed by atoms with E-state index < -0.39 is 5.91 Å². The van der Waals surface area contributed by atoms with E-state index in [2.05, 4.69) is 15.6 Å². The molecular formula is C23H25N3O4S. The summed E-state index contributed by atoms with van der Waals surface area (Å²) in [5.41, 5.74) is 1.82. The molecule has 0 saturated heterocycles. The van der Waals surface area contributed by atoms with Crippen molar-refractivity contribution in [2.45, 2.75) is 20.8 Å². The number of hydrogen-bond acceptors (Lipinski definition) is 6. The SMILES string of the molecule is CCOc1cc(C(=O)NC(=S)Nc2cccc3cccnc23)cc(OCC)c1OCC. The quantitative estimate of drug-likeness (QED) is 0.498. The third kappa shape index (κ3) is 5.40. The van der Waals surface area contributed by atoms with E-state index in [1.807, 2.05) is 51.1 Å². The Morgan fingerprint density at radius 3 is 2.26 bits per heavy atom. The first kappa shape index (κ1) is 22.3. The summed E-state index contributed by atoms with van der Waals surface area (Å²) >= 11 is 5.35. The lowest BCUT2D eigenvalue weighted by molar-refractivity contribution is 0.0976. The Morgan fingerprint density at radius 2 is 1.61 bits per heavy atom. The van der Waals surface area contributed by atoms with E-state index in [9.17, 15) is 4.79 Å². The van der Waals surface area contributed by atoms with Crippen molar-refractivity contribution >= 4 is 39.8 Å². The molecule has 1 heterocycles. The summed E-state index contributed by atoms with van der Waals surface area (Å²) < 4.78 is 17.0. The molecule has 0 aliphatic carbocycles. The van der Waals surface area contributed by atoms with E-state index in [0.717, 1.165) is 10.9 Å². The number of carbonyl (C=O) groups excluding carboxylic acids is 1. The van der Waals surface area contributed by atoms with Gasteiger partial charge in [-0.05, 0) is 57.3 Å². The predicted molar refractivity (Wildman–Crippen MR) is 125 cm³/mol. The molecule has 0 radical (unpaired) electrons. The highest BCUT2D eigenvalue weighted by Gasteiger charge is 2.19. The Balaban J connectivity index is 1.82. The first-order valence-corrected chi connectivity index (χ1v) is 10.5. The lowest BCUT2D eigenvalue weighted by Gasteiger charge is -2.17. The number of amides is 1. The number of nitrogens with zero attached hydrogens (tertiary/aromatic N) is 1. The summed E-state index contributed by atoms with van der Waals surface area (Å²) in [6, 6.07) is 12.8.